The van der Waals surface area contributed by atoms with Crippen molar-refractivity contribution in [2.75, 3.05) is 6.61 Å². The van der Waals surface area contributed by atoms with E-state index in [0.717, 1.165) is 0 Å². The minimum atomic E-state index is -2.92. The van der Waals surface area contributed by atoms with Gasteiger partial charge in [0.05, 0.1) is 0 Å². The highest BCUT2D eigenvalue weighted by Gasteiger charge is 2.24. The van der Waals surface area contributed by atoms with Gasteiger partial charge in [0.15, 0.2) is 0 Å². The Kier molecular flexibility index (Phi) is 3.45. The van der Waals surface area contributed by atoms with Crippen molar-refractivity contribution in [2.45, 2.75) is 19.3 Å². The van der Waals surface area contributed by atoms with Crippen LogP contribution in [-0.2, 0) is 6.42 Å². The standard InChI is InChI=1S/C7H8F4N2O/c8-6(9)4-3(1-2-14)5(7(10)11)13-12-4/h6-7,14H,1-2H2,(H,12,13). The van der Waals surface area contributed by atoms with Crippen LogP contribution in [0.4, 0.5) is 17.6 Å². The lowest BCUT2D eigenvalue weighted by molar-refractivity contribution is 0.141. The molecular weight excluding hydrogens is 204 g/mol. The van der Waals surface area contributed by atoms with Gasteiger partial charge in [0, 0.05) is 12.2 Å². The number of aromatic nitrogens is 2. The molecule has 0 aliphatic heterocycles. The second-order valence-electron chi connectivity index (χ2n) is 2.58. The highest BCUT2D eigenvalue weighted by Crippen LogP contribution is 2.28. The van der Waals surface area contributed by atoms with Crippen molar-refractivity contribution in [1.29, 1.82) is 0 Å². The van der Waals surface area contributed by atoms with Gasteiger partial charge in [0.2, 0.25) is 0 Å². The number of rotatable bonds is 4. The normalized spacial score (nSPS) is 11.6. The second kappa shape index (κ2) is 4.41. The third-order valence-corrected chi connectivity index (χ3v) is 1.72. The average Bonchev–Trinajstić information content (AvgIpc) is 2.48. The molecule has 3 nitrogen and oxygen atoms in total. The highest BCUT2D eigenvalue weighted by atomic mass is 19.3. The molecular formula is C7H8F4N2O. The van der Waals surface area contributed by atoms with Gasteiger partial charge in [-0.2, -0.15) is 5.10 Å². The van der Waals surface area contributed by atoms with Crippen LogP contribution in [0, 0.1) is 0 Å². The fourth-order valence-corrected chi connectivity index (χ4v) is 1.13. The van der Waals surface area contributed by atoms with Crippen molar-refractivity contribution >= 4 is 0 Å². The second-order valence-corrected chi connectivity index (χ2v) is 2.58. The van der Waals surface area contributed by atoms with E-state index in [2.05, 4.69) is 5.10 Å². The van der Waals surface area contributed by atoms with Crippen LogP contribution in [0.1, 0.15) is 29.8 Å². The molecule has 0 aliphatic rings. The smallest absolute Gasteiger partial charge is 0.282 e. The number of H-pyrrole nitrogens is 1. The number of aromatic amines is 1. The van der Waals surface area contributed by atoms with Gasteiger partial charge in [-0.25, -0.2) is 17.6 Å². The Hall–Kier alpha value is -1.11. The Labute approximate surface area is 76.7 Å². The van der Waals surface area contributed by atoms with Crippen LogP contribution < -0.4 is 0 Å². The SMILES string of the molecule is OCCc1c(C(F)F)n[nH]c1C(F)F. The van der Waals surface area contributed by atoms with Gasteiger partial charge < -0.3 is 5.11 Å². The summed E-state index contributed by atoms with van der Waals surface area (Å²) in [6.45, 7) is -0.473. The van der Waals surface area contributed by atoms with E-state index in [-0.39, 0.29) is 12.0 Å². The fourth-order valence-electron chi connectivity index (χ4n) is 1.13. The number of halogens is 4. The van der Waals surface area contributed by atoms with Gasteiger partial charge in [-0.05, 0) is 6.42 Å². The molecule has 0 fully saturated rings. The van der Waals surface area contributed by atoms with Gasteiger partial charge in [-0.1, -0.05) is 0 Å². The molecule has 0 spiro atoms. The molecule has 1 heterocycles. The molecule has 1 aromatic rings. The number of hydrogen-bond donors (Lipinski definition) is 2. The highest BCUT2D eigenvalue weighted by molar-refractivity contribution is 5.27. The molecule has 0 amide bonds. The first-order chi connectivity index (χ1) is 6.57. The predicted molar refractivity (Wildman–Crippen MR) is 39.3 cm³/mol. The molecule has 0 unspecified atom stereocenters. The zero-order chi connectivity index (χ0) is 10.7. The van der Waals surface area contributed by atoms with Crippen LogP contribution in [0.3, 0.4) is 0 Å². The van der Waals surface area contributed by atoms with Crippen LogP contribution in [0.5, 0.6) is 0 Å². The maximum absolute atomic E-state index is 12.2. The molecule has 0 aliphatic carbocycles. The van der Waals surface area contributed by atoms with Gasteiger partial charge in [-0.3, -0.25) is 5.10 Å². The summed E-state index contributed by atoms with van der Waals surface area (Å²) in [5, 5.41) is 13.5. The number of hydrogen-bond acceptors (Lipinski definition) is 2. The van der Waals surface area contributed by atoms with Gasteiger partial charge in [-0.15, -0.1) is 0 Å². The van der Waals surface area contributed by atoms with E-state index in [9.17, 15) is 17.6 Å². The molecule has 0 aromatic carbocycles. The van der Waals surface area contributed by atoms with Gasteiger partial charge in [0.1, 0.15) is 11.4 Å². The van der Waals surface area contributed by atoms with E-state index in [1.807, 2.05) is 5.10 Å². The van der Waals surface area contributed by atoms with E-state index in [4.69, 9.17) is 5.11 Å². The topological polar surface area (TPSA) is 48.9 Å². The lowest BCUT2D eigenvalue weighted by Gasteiger charge is -2.02. The third kappa shape index (κ3) is 2.03. The number of aliphatic hydroxyl groups is 1. The van der Waals surface area contributed by atoms with Crippen molar-refractivity contribution in [3.05, 3.63) is 17.0 Å². The minimum absolute atomic E-state index is 0.254. The van der Waals surface area contributed by atoms with Crippen molar-refractivity contribution in [3.63, 3.8) is 0 Å². The first-order valence-electron chi connectivity index (χ1n) is 3.82. The summed E-state index contributed by atoms with van der Waals surface area (Å²) < 4.78 is 48.9. The maximum Gasteiger partial charge on any atom is 0.282 e. The van der Waals surface area contributed by atoms with Crippen LogP contribution in [0.15, 0.2) is 0 Å². The molecule has 1 rings (SSSR count). The van der Waals surface area contributed by atoms with Gasteiger partial charge >= 0.3 is 0 Å². The van der Waals surface area contributed by atoms with Crippen molar-refractivity contribution in [3.8, 4) is 0 Å². The van der Waals surface area contributed by atoms with Crippen molar-refractivity contribution in [2.24, 2.45) is 0 Å². The van der Waals surface area contributed by atoms with E-state index in [0.29, 0.717) is 0 Å². The molecule has 7 heteroatoms. The molecule has 1 aromatic heterocycles. The number of nitrogens with one attached hydrogen (secondary N) is 1. The summed E-state index contributed by atoms with van der Waals surface area (Å²) in [5.74, 6) is 0. The summed E-state index contributed by atoms with van der Waals surface area (Å²) in [5.41, 5.74) is -1.65. The van der Waals surface area contributed by atoms with E-state index in [1.165, 1.54) is 0 Å². The van der Waals surface area contributed by atoms with E-state index >= 15 is 0 Å². The number of alkyl halides is 4. The largest absolute Gasteiger partial charge is 0.396 e. The zero-order valence-corrected chi connectivity index (χ0v) is 6.98. The Morgan fingerprint density at radius 3 is 2.29 bits per heavy atom. The molecule has 0 atom stereocenters. The number of nitrogens with zero attached hydrogens (tertiary/aromatic N) is 1. The average molecular weight is 212 g/mol. The molecule has 0 saturated heterocycles. The van der Waals surface area contributed by atoms with Crippen LogP contribution in [0.25, 0.3) is 0 Å². The van der Waals surface area contributed by atoms with Crippen LogP contribution in [0.2, 0.25) is 0 Å². The molecule has 2 N–H and O–H groups in total. The summed E-state index contributed by atoms with van der Waals surface area (Å²) in [7, 11) is 0. The Morgan fingerprint density at radius 2 is 1.86 bits per heavy atom. The molecule has 80 valence electrons. The Balaban J connectivity index is 3.06. The lowest BCUT2D eigenvalue weighted by atomic mass is 10.1. The van der Waals surface area contributed by atoms with Gasteiger partial charge in [0.25, 0.3) is 12.9 Å². The first kappa shape index (κ1) is 11.0. The number of aliphatic hydroxyl groups excluding tert-OH is 1. The molecule has 0 radical (unpaired) electrons. The molecule has 0 bridgehead atoms. The summed E-state index contributed by atoms with van der Waals surface area (Å²) in [6, 6.07) is 0. The Morgan fingerprint density at radius 1 is 1.21 bits per heavy atom. The van der Waals surface area contributed by atoms with Crippen molar-refractivity contribution < 1.29 is 22.7 Å². The zero-order valence-electron chi connectivity index (χ0n) is 6.98. The minimum Gasteiger partial charge on any atom is -0.396 e. The van der Waals surface area contributed by atoms with Crippen LogP contribution in [-0.4, -0.2) is 21.9 Å². The predicted octanol–water partition coefficient (Wildman–Crippen LogP) is 1.82. The van der Waals surface area contributed by atoms with Crippen molar-refractivity contribution in [1.82, 2.24) is 10.2 Å². The van der Waals surface area contributed by atoms with E-state index < -0.39 is 30.8 Å². The first-order valence-corrected chi connectivity index (χ1v) is 3.82. The van der Waals surface area contributed by atoms with E-state index in [1.54, 1.807) is 0 Å². The summed E-state index contributed by atoms with van der Waals surface area (Å²) in [4.78, 5) is 0. The molecule has 14 heavy (non-hydrogen) atoms. The quantitative estimate of drug-likeness (QED) is 0.748. The third-order valence-electron chi connectivity index (χ3n) is 1.72. The summed E-state index contributed by atoms with van der Waals surface area (Å²) >= 11 is 0. The Bertz CT molecular complexity index is 274. The fraction of sp³-hybridized carbons (Fsp3) is 0.571. The molecule has 0 saturated carbocycles. The summed E-state index contributed by atoms with van der Waals surface area (Å²) in [6.07, 6.45) is -6.06. The maximum atomic E-state index is 12.2. The lowest BCUT2D eigenvalue weighted by Crippen LogP contribution is -1.99. The monoisotopic (exact) mass is 212 g/mol. The van der Waals surface area contributed by atoms with Crippen LogP contribution >= 0.6 is 0 Å².